The zero-order chi connectivity index (χ0) is 20.2. The van der Waals surface area contributed by atoms with E-state index in [1.165, 1.54) is 0 Å². The third-order valence-electron chi connectivity index (χ3n) is 5.88. The first-order valence-corrected chi connectivity index (χ1v) is 10.8. The monoisotopic (exact) mass is 406 g/mol. The predicted molar refractivity (Wildman–Crippen MR) is 115 cm³/mol. The third-order valence-corrected chi connectivity index (χ3v) is 7.39. The number of thioether (sulfide) groups is 1. The molecule has 4 heterocycles. The minimum Gasteiger partial charge on any atom is -0.315 e. The average molecular weight is 407 g/mol. The Morgan fingerprint density at radius 3 is 2.83 bits per heavy atom. The molecule has 0 bridgehead atoms. The number of pyridine rings is 1. The normalized spacial score (nSPS) is 23.6. The fourth-order valence-corrected chi connectivity index (χ4v) is 5.77. The number of nitrogens with zero attached hydrogens (tertiary/aromatic N) is 3. The van der Waals surface area contributed by atoms with Crippen LogP contribution in [0.2, 0.25) is 0 Å². The van der Waals surface area contributed by atoms with E-state index >= 15 is 0 Å². The van der Waals surface area contributed by atoms with Crippen molar-refractivity contribution in [3.8, 4) is 11.3 Å². The second kappa shape index (κ2) is 6.62. The minimum atomic E-state index is -0.459. The number of carbonyl (C=O) groups is 2. The first-order valence-electron chi connectivity index (χ1n) is 9.78. The molecule has 2 fully saturated rings. The summed E-state index contributed by atoms with van der Waals surface area (Å²) in [5.74, 6) is 1.17. The van der Waals surface area contributed by atoms with Gasteiger partial charge in [0.2, 0.25) is 11.8 Å². The van der Waals surface area contributed by atoms with Gasteiger partial charge in [0.05, 0.1) is 4.87 Å². The van der Waals surface area contributed by atoms with Crippen LogP contribution >= 0.6 is 11.8 Å². The van der Waals surface area contributed by atoms with E-state index in [4.69, 9.17) is 4.98 Å². The van der Waals surface area contributed by atoms with Crippen molar-refractivity contribution in [2.75, 3.05) is 11.1 Å². The largest absolute Gasteiger partial charge is 0.315 e. The lowest BCUT2D eigenvalue weighted by Gasteiger charge is -2.29. The van der Waals surface area contributed by atoms with Crippen LogP contribution in [0.5, 0.6) is 0 Å². The van der Waals surface area contributed by atoms with Crippen LogP contribution in [0.25, 0.3) is 16.9 Å². The summed E-state index contributed by atoms with van der Waals surface area (Å²) >= 11 is 1.70. The predicted octanol–water partition coefficient (Wildman–Crippen LogP) is 3.70. The zero-order valence-electron chi connectivity index (χ0n) is 16.4. The van der Waals surface area contributed by atoms with Crippen molar-refractivity contribution in [2.45, 2.75) is 37.6 Å². The molecule has 7 heteroatoms. The second-order valence-electron chi connectivity index (χ2n) is 7.81. The third kappa shape index (κ3) is 2.83. The molecule has 0 saturated carbocycles. The zero-order valence-corrected chi connectivity index (χ0v) is 17.2. The van der Waals surface area contributed by atoms with Crippen molar-refractivity contribution in [3.05, 3.63) is 54.2 Å². The Morgan fingerprint density at radius 1 is 1.24 bits per heavy atom. The van der Waals surface area contributed by atoms with Gasteiger partial charge < -0.3 is 10.2 Å². The molecule has 1 N–H and O–H groups in total. The van der Waals surface area contributed by atoms with Crippen molar-refractivity contribution < 1.29 is 9.59 Å². The average Bonchev–Trinajstić information content (AvgIpc) is 3.35. The van der Waals surface area contributed by atoms with Gasteiger partial charge in [-0.3, -0.25) is 14.0 Å². The molecule has 0 spiro atoms. The number of aromatic nitrogens is 2. The Labute approximate surface area is 173 Å². The molecule has 1 aromatic carbocycles. The van der Waals surface area contributed by atoms with Crippen molar-refractivity contribution in [1.82, 2.24) is 14.3 Å². The standard InChI is InChI=1S/C22H22N4O2S/c1-14-7-6-12-25-19(14)23-18(15-8-4-3-5-9-15)20(25)24-21(28)16-13-29-22(2)11-10-17(27)26(16)22/h3-9,12,16H,10-11,13H2,1-2H3,(H,24,28)/t16-,22+/m0/s1. The Balaban J connectivity index is 1.56. The highest BCUT2D eigenvalue weighted by Crippen LogP contribution is 2.47. The van der Waals surface area contributed by atoms with Crippen LogP contribution in [0.1, 0.15) is 25.3 Å². The summed E-state index contributed by atoms with van der Waals surface area (Å²) in [6.45, 7) is 4.06. The Kier molecular flexibility index (Phi) is 4.17. The molecule has 29 heavy (non-hydrogen) atoms. The van der Waals surface area contributed by atoms with E-state index in [1.807, 2.05) is 60.0 Å². The van der Waals surface area contributed by atoms with Gasteiger partial charge in [0.1, 0.15) is 23.2 Å². The van der Waals surface area contributed by atoms with Crippen molar-refractivity contribution in [2.24, 2.45) is 0 Å². The van der Waals surface area contributed by atoms with Crippen LogP contribution in [-0.2, 0) is 9.59 Å². The van der Waals surface area contributed by atoms with Crippen LogP contribution in [0.3, 0.4) is 0 Å². The molecule has 6 nitrogen and oxygen atoms in total. The van der Waals surface area contributed by atoms with E-state index in [0.29, 0.717) is 18.0 Å². The molecule has 2 atom stereocenters. The lowest BCUT2D eigenvalue weighted by molar-refractivity contribution is -0.135. The fourth-order valence-electron chi connectivity index (χ4n) is 4.34. The number of amides is 2. The minimum absolute atomic E-state index is 0.0647. The highest BCUT2D eigenvalue weighted by molar-refractivity contribution is 8.01. The summed E-state index contributed by atoms with van der Waals surface area (Å²) in [4.78, 5) is 32.1. The van der Waals surface area contributed by atoms with Crippen LogP contribution in [0, 0.1) is 6.92 Å². The molecule has 2 amide bonds. The van der Waals surface area contributed by atoms with Crippen LogP contribution < -0.4 is 5.32 Å². The number of fused-ring (bicyclic) bond motifs is 2. The molecule has 2 aromatic heterocycles. The van der Waals surface area contributed by atoms with Gasteiger partial charge in [-0.15, -0.1) is 11.8 Å². The van der Waals surface area contributed by atoms with Gasteiger partial charge in [0.15, 0.2) is 0 Å². The summed E-state index contributed by atoms with van der Waals surface area (Å²) in [7, 11) is 0. The summed E-state index contributed by atoms with van der Waals surface area (Å²) < 4.78 is 1.92. The van der Waals surface area contributed by atoms with Gasteiger partial charge in [-0.05, 0) is 31.9 Å². The van der Waals surface area contributed by atoms with E-state index in [9.17, 15) is 9.59 Å². The number of imidazole rings is 1. The topological polar surface area (TPSA) is 66.7 Å². The molecule has 0 radical (unpaired) electrons. The number of hydrogen-bond acceptors (Lipinski definition) is 4. The van der Waals surface area contributed by atoms with Crippen molar-refractivity contribution >= 4 is 35.0 Å². The highest BCUT2D eigenvalue weighted by Gasteiger charge is 2.53. The quantitative estimate of drug-likeness (QED) is 0.720. The van der Waals surface area contributed by atoms with E-state index in [2.05, 4.69) is 12.2 Å². The molecule has 148 valence electrons. The molecule has 3 aromatic rings. The smallest absolute Gasteiger partial charge is 0.249 e. The van der Waals surface area contributed by atoms with Gasteiger partial charge >= 0.3 is 0 Å². The molecule has 0 unspecified atom stereocenters. The second-order valence-corrected chi connectivity index (χ2v) is 9.32. The summed E-state index contributed by atoms with van der Waals surface area (Å²) in [5.41, 5.74) is 3.51. The maximum absolute atomic E-state index is 13.3. The fraction of sp³-hybridized carbons (Fsp3) is 0.318. The SMILES string of the molecule is Cc1cccn2c(NC(=O)[C@@H]3CS[C@]4(C)CCC(=O)N34)c(-c3ccccc3)nc12. The van der Waals surface area contributed by atoms with Gasteiger partial charge in [0.25, 0.3) is 0 Å². The molecule has 0 aliphatic carbocycles. The maximum atomic E-state index is 13.3. The molecule has 2 aliphatic heterocycles. The Hall–Kier alpha value is -2.80. The van der Waals surface area contributed by atoms with Crippen molar-refractivity contribution in [3.63, 3.8) is 0 Å². The first-order chi connectivity index (χ1) is 14.0. The van der Waals surface area contributed by atoms with E-state index in [0.717, 1.165) is 28.9 Å². The van der Waals surface area contributed by atoms with Crippen LogP contribution in [0.15, 0.2) is 48.7 Å². The van der Waals surface area contributed by atoms with Crippen LogP contribution in [0.4, 0.5) is 5.82 Å². The molecular formula is C22H22N4O2S. The van der Waals surface area contributed by atoms with E-state index in [-0.39, 0.29) is 16.7 Å². The van der Waals surface area contributed by atoms with Gasteiger partial charge in [-0.25, -0.2) is 4.98 Å². The summed E-state index contributed by atoms with van der Waals surface area (Å²) in [5, 5.41) is 3.11. The van der Waals surface area contributed by atoms with Gasteiger partial charge in [-0.1, -0.05) is 36.4 Å². The number of carbonyl (C=O) groups excluding carboxylic acids is 2. The number of benzene rings is 1. The van der Waals surface area contributed by atoms with E-state index in [1.54, 1.807) is 16.7 Å². The summed E-state index contributed by atoms with van der Waals surface area (Å²) in [6, 6.07) is 13.3. The molecule has 2 aliphatic rings. The maximum Gasteiger partial charge on any atom is 0.249 e. The highest BCUT2D eigenvalue weighted by atomic mass is 32.2. The van der Waals surface area contributed by atoms with E-state index < -0.39 is 6.04 Å². The number of nitrogens with one attached hydrogen (secondary N) is 1. The molecule has 5 rings (SSSR count). The van der Waals surface area contributed by atoms with Crippen LogP contribution in [-0.4, -0.2) is 42.8 Å². The number of aryl methyl sites for hydroxylation is 1. The van der Waals surface area contributed by atoms with Crippen molar-refractivity contribution in [1.29, 1.82) is 0 Å². The lowest BCUT2D eigenvalue weighted by atomic mass is 10.1. The molecular weight excluding hydrogens is 384 g/mol. The first kappa shape index (κ1) is 18.2. The molecule has 2 saturated heterocycles. The number of rotatable bonds is 3. The van der Waals surface area contributed by atoms with Gasteiger partial charge in [0, 0.05) is 23.9 Å². The Bertz CT molecular complexity index is 1130. The Morgan fingerprint density at radius 2 is 2.03 bits per heavy atom. The van der Waals surface area contributed by atoms with Gasteiger partial charge in [-0.2, -0.15) is 0 Å². The summed E-state index contributed by atoms with van der Waals surface area (Å²) in [6.07, 6.45) is 3.22. The number of anilines is 1. The number of hydrogen-bond donors (Lipinski definition) is 1. The lowest BCUT2D eigenvalue weighted by Crippen LogP contribution is -2.48.